The van der Waals surface area contributed by atoms with Crippen molar-refractivity contribution in [3.8, 4) is 16.9 Å². The highest BCUT2D eigenvalue weighted by Gasteiger charge is 2.35. The van der Waals surface area contributed by atoms with Crippen molar-refractivity contribution in [3.63, 3.8) is 0 Å². The molecule has 172 valence electrons. The van der Waals surface area contributed by atoms with Gasteiger partial charge < -0.3 is 14.8 Å². The van der Waals surface area contributed by atoms with Crippen molar-refractivity contribution in [1.82, 2.24) is 0 Å². The number of nitrogens with one attached hydrogen (secondary N) is 1. The molecule has 0 saturated heterocycles. The van der Waals surface area contributed by atoms with Gasteiger partial charge in [-0.25, -0.2) is 4.79 Å². The van der Waals surface area contributed by atoms with Gasteiger partial charge in [-0.2, -0.15) is 0 Å². The Morgan fingerprint density at radius 3 is 2.15 bits per heavy atom. The van der Waals surface area contributed by atoms with Crippen LogP contribution in [0, 0.1) is 0 Å². The van der Waals surface area contributed by atoms with Crippen LogP contribution in [-0.2, 0) is 9.53 Å². The Morgan fingerprint density at radius 2 is 1.55 bits per heavy atom. The van der Waals surface area contributed by atoms with Crippen LogP contribution in [0.5, 0.6) is 5.75 Å². The van der Waals surface area contributed by atoms with Gasteiger partial charge in [0.05, 0.1) is 6.61 Å². The van der Waals surface area contributed by atoms with E-state index in [-0.39, 0.29) is 5.97 Å². The fourth-order valence-electron chi connectivity index (χ4n) is 3.44. The summed E-state index contributed by atoms with van der Waals surface area (Å²) < 4.78 is 11.1. The molecular weight excluding hydrogens is 410 g/mol. The number of benzene rings is 3. The van der Waals surface area contributed by atoms with Crippen LogP contribution in [0.2, 0.25) is 0 Å². The number of hydrogen-bond acceptors (Lipinski definition) is 4. The molecule has 0 saturated carbocycles. The molecule has 0 aliphatic carbocycles. The van der Waals surface area contributed by atoms with E-state index < -0.39 is 5.60 Å². The second-order valence-corrected chi connectivity index (χ2v) is 8.14. The van der Waals surface area contributed by atoms with E-state index in [4.69, 9.17) is 9.47 Å². The van der Waals surface area contributed by atoms with E-state index in [0.717, 1.165) is 5.69 Å². The first-order valence-electron chi connectivity index (χ1n) is 11.5. The van der Waals surface area contributed by atoms with Crippen LogP contribution in [0.15, 0.2) is 84.9 Å². The minimum Gasteiger partial charge on any atom is -0.476 e. The summed E-state index contributed by atoms with van der Waals surface area (Å²) in [5.74, 6) is 0.301. The average molecular weight is 444 g/mol. The molecule has 0 aliphatic heterocycles. The number of hydrogen-bond donors (Lipinski definition) is 1. The van der Waals surface area contributed by atoms with Crippen LogP contribution in [0.25, 0.3) is 16.7 Å². The lowest BCUT2D eigenvalue weighted by atomic mass is 10.0. The summed E-state index contributed by atoms with van der Waals surface area (Å²) in [5.41, 5.74) is 4.87. The normalized spacial score (nSPS) is 13.2. The molecule has 0 unspecified atom stereocenters. The zero-order chi connectivity index (χ0) is 23.7. The third-order valence-corrected chi connectivity index (χ3v) is 5.74. The fourth-order valence-corrected chi connectivity index (χ4v) is 3.44. The lowest BCUT2D eigenvalue weighted by Gasteiger charge is -2.27. The number of esters is 1. The fraction of sp³-hybridized carbons (Fsp3) is 0.276. The quantitative estimate of drug-likeness (QED) is 0.343. The number of ether oxygens (including phenoxy) is 2. The van der Waals surface area contributed by atoms with E-state index in [1.54, 1.807) is 13.8 Å². The predicted molar refractivity (Wildman–Crippen MR) is 136 cm³/mol. The lowest BCUT2D eigenvalue weighted by Crippen LogP contribution is -2.42. The van der Waals surface area contributed by atoms with E-state index >= 15 is 0 Å². The Morgan fingerprint density at radius 1 is 0.909 bits per heavy atom. The van der Waals surface area contributed by atoms with Crippen LogP contribution in [0.4, 0.5) is 5.69 Å². The van der Waals surface area contributed by atoms with Crippen molar-refractivity contribution in [1.29, 1.82) is 0 Å². The molecule has 0 amide bonds. The molecule has 3 aromatic carbocycles. The third-order valence-electron chi connectivity index (χ3n) is 5.74. The van der Waals surface area contributed by atoms with Gasteiger partial charge >= 0.3 is 5.97 Å². The molecule has 1 N–H and O–H groups in total. The molecule has 0 fully saturated rings. The molecule has 0 aliphatic rings. The second kappa shape index (κ2) is 11.4. The third kappa shape index (κ3) is 6.48. The standard InChI is InChI=1S/C29H33NO3/c1-5-29(4,28(31)32-6-2)33-27-18-16-26(17-19-27)30-21-20-22(3)23-12-14-25(15-13-23)24-10-8-7-9-11-24/h7-20,30H,5-6,21H2,1-4H3/t29-/m1/s1. The van der Waals surface area contributed by atoms with Crippen LogP contribution < -0.4 is 10.1 Å². The highest BCUT2D eigenvalue weighted by molar-refractivity contribution is 5.79. The number of carbonyl (C=O) groups excluding carboxylic acids is 1. The van der Waals surface area contributed by atoms with Gasteiger partial charge in [0.1, 0.15) is 5.75 Å². The van der Waals surface area contributed by atoms with Crippen molar-refractivity contribution in [2.24, 2.45) is 0 Å². The van der Waals surface area contributed by atoms with Gasteiger partial charge in [-0.05, 0) is 73.7 Å². The maximum Gasteiger partial charge on any atom is 0.350 e. The Bertz CT molecular complexity index is 1060. The largest absolute Gasteiger partial charge is 0.476 e. The molecule has 3 rings (SSSR count). The summed E-state index contributed by atoms with van der Waals surface area (Å²) in [6, 6.07) is 26.7. The van der Waals surface area contributed by atoms with Crippen molar-refractivity contribution in [3.05, 3.63) is 90.5 Å². The Balaban J connectivity index is 1.56. The summed E-state index contributed by atoms with van der Waals surface area (Å²) in [6.45, 7) is 8.64. The summed E-state index contributed by atoms with van der Waals surface area (Å²) in [4.78, 5) is 12.2. The highest BCUT2D eigenvalue weighted by atomic mass is 16.6. The van der Waals surface area contributed by atoms with Gasteiger partial charge in [0.15, 0.2) is 0 Å². The number of allylic oxidation sites excluding steroid dienone is 1. The van der Waals surface area contributed by atoms with Crippen LogP contribution in [0.1, 0.15) is 39.7 Å². The van der Waals surface area contributed by atoms with E-state index in [1.165, 1.54) is 22.3 Å². The van der Waals surface area contributed by atoms with Crippen molar-refractivity contribution in [2.75, 3.05) is 18.5 Å². The van der Waals surface area contributed by atoms with Gasteiger partial charge in [0, 0.05) is 12.2 Å². The van der Waals surface area contributed by atoms with Gasteiger partial charge in [0.2, 0.25) is 5.60 Å². The predicted octanol–water partition coefficient (Wildman–Crippen LogP) is 6.98. The van der Waals surface area contributed by atoms with E-state index in [9.17, 15) is 4.79 Å². The topological polar surface area (TPSA) is 47.6 Å². The first-order valence-corrected chi connectivity index (χ1v) is 11.5. The maximum atomic E-state index is 12.2. The summed E-state index contributed by atoms with van der Waals surface area (Å²) in [5, 5.41) is 3.41. The van der Waals surface area contributed by atoms with Crippen molar-refractivity contribution >= 4 is 17.2 Å². The molecular formula is C29H33NO3. The highest BCUT2D eigenvalue weighted by Crippen LogP contribution is 2.25. The Kier molecular flexibility index (Phi) is 8.31. The number of anilines is 1. The molecule has 4 nitrogen and oxygen atoms in total. The van der Waals surface area contributed by atoms with Crippen LogP contribution >= 0.6 is 0 Å². The molecule has 0 radical (unpaired) electrons. The molecule has 1 atom stereocenters. The zero-order valence-electron chi connectivity index (χ0n) is 19.9. The van der Waals surface area contributed by atoms with Crippen LogP contribution in [0.3, 0.4) is 0 Å². The first kappa shape index (κ1) is 24.1. The molecule has 0 spiro atoms. The molecule has 3 aromatic rings. The zero-order valence-corrected chi connectivity index (χ0v) is 19.9. The molecule has 0 aromatic heterocycles. The molecule has 0 bridgehead atoms. The molecule has 0 heterocycles. The van der Waals surface area contributed by atoms with E-state index in [1.807, 2.05) is 37.3 Å². The average Bonchev–Trinajstić information content (AvgIpc) is 2.85. The monoisotopic (exact) mass is 443 g/mol. The van der Waals surface area contributed by atoms with Crippen LogP contribution in [-0.4, -0.2) is 24.7 Å². The Labute approximate surface area is 197 Å². The summed E-state index contributed by atoms with van der Waals surface area (Å²) >= 11 is 0. The van der Waals surface area contributed by atoms with Gasteiger partial charge in [-0.1, -0.05) is 67.6 Å². The summed E-state index contributed by atoms with van der Waals surface area (Å²) in [6.07, 6.45) is 2.71. The smallest absolute Gasteiger partial charge is 0.350 e. The minimum atomic E-state index is -0.985. The first-order chi connectivity index (χ1) is 15.9. The van der Waals surface area contributed by atoms with Gasteiger partial charge in [-0.15, -0.1) is 0 Å². The summed E-state index contributed by atoms with van der Waals surface area (Å²) in [7, 11) is 0. The van der Waals surface area contributed by atoms with Gasteiger partial charge in [0.25, 0.3) is 0 Å². The molecule has 33 heavy (non-hydrogen) atoms. The van der Waals surface area contributed by atoms with E-state index in [0.29, 0.717) is 25.3 Å². The van der Waals surface area contributed by atoms with Crippen molar-refractivity contribution < 1.29 is 14.3 Å². The second-order valence-electron chi connectivity index (χ2n) is 8.14. The van der Waals surface area contributed by atoms with Crippen molar-refractivity contribution in [2.45, 2.75) is 39.7 Å². The SMILES string of the molecule is CCOC(=O)[C@@](C)(CC)Oc1ccc(NCC=C(C)c2ccc(-c3ccccc3)cc2)cc1. The maximum absolute atomic E-state index is 12.2. The van der Waals surface area contributed by atoms with E-state index in [2.05, 4.69) is 66.8 Å². The minimum absolute atomic E-state index is 0.338. The Hall–Kier alpha value is -3.53. The molecule has 4 heteroatoms. The van der Waals surface area contributed by atoms with Gasteiger partial charge in [-0.3, -0.25) is 0 Å². The lowest BCUT2D eigenvalue weighted by molar-refractivity contribution is -0.160. The number of rotatable bonds is 10. The number of carbonyl (C=O) groups is 1.